The van der Waals surface area contributed by atoms with E-state index in [4.69, 9.17) is 10.3 Å². The average Bonchev–Trinajstić information content (AvgIpc) is 2.59. The summed E-state index contributed by atoms with van der Waals surface area (Å²) in [6.07, 6.45) is 1.26. The van der Waals surface area contributed by atoms with Crippen LogP contribution in [0.1, 0.15) is 11.5 Å². The van der Waals surface area contributed by atoms with E-state index in [0.29, 0.717) is 11.5 Å². The number of hydrazine groups is 1. The van der Waals surface area contributed by atoms with Crippen LogP contribution in [-0.4, -0.2) is 16.8 Å². The number of aryl methyl sites for hydroxylation is 1. The first-order chi connectivity index (χ1) is 6.65. The Morgan fingerprint density at radius 2 is 2.29 bits per heavy atom. The molecule has 0 atom stereocenters. The number of nitrogens with one attached hydrogen (secondary N) is 2. The normalized spacial score (nSPS) is 9.57. The monoisotopic (exact) mass is 198 g/mol. The van der Waals surface area contributed by atoms with E-state index in [1.54, 1.807) is 12.3 Å². The summed E-state index contributed by atoms with van der Waals surface area (Å²) in [6, 6.07) is 0. The number of amides is 2. The van der Waals surface area contributed by atoms with Crippen LogP contribution < -0.4 is 16.6 Å². The van der Waals surface area contributed by atoms with Crippen LogP contribution in [0.15, 0.2) is 10.8 Å². The molecule has 0 unspecified atom stereocenters. The molecule has 2 amide bonds. The van der Waals surface area contributed by atoms with Crippen LogP contribution in [0.4, 0.5) is 0 Å². The van der Waals surface area contributed by atoms with Gasteiger partial charge in [-0.05, 0) is 6.92 Å². The summed E-state index contributed by atoms with van der Waals surface area (Å²) < 4.78 is 4.90. The predicted octanol–water partition coefficient (Wildman–Crippen LogP) is -1.41. The highest BCUT2D eigenvalue weighted by Gasteiger charge is 2.12. The Kier molecular flexibility index (Phi) is 3.19. The molecular formula is C7H10N4O3. The number of nitrogens with zero attached hydrogens (tertiary/aromatic N) is 1. The molecule has 0 aliphatic rings. The Balaban J connectivity index is 2.45. The van der Waals surface area contributed by atoms with Gasteiger partial charge in [0.15, 0.2) is 6.39 Å². The number of oxazole rings is 1. The molecule has 7 heteroatoms. The van der Waals surface area contributed by atoms with Crippen molar-refractivity contribution in [2.45, 2.75) is 13.5 Å². The molecule has 0 radical (unpaired) electrons. The molecule has 0 spiro atoms. The van der Waals surface area contributed by atoms with Gasteiger partial charge in [0.1, 0.15) is 11.5 Å². The van der Waals surface area contributed by atoms with Gasteiger partial charge in [0.2, 0.25) is 0 Å². The van der Waals surface area contributed by atoms with Crippen molar-refractivity contribution in [1.29, 1.82) is 0 Å². The topological polar surface area (TPSA) is 110 Å². The van der Waals surface area contributed by atoms with Crippen molar-refractivity contribution in [3.05, 3.63) is 17.8 Å². The summed E-state index contributed by atoms with van der Waals surface area (Å²) in [5.74, 6) is 3.65. The predicted molar refractivity (Wildman–Crippen MR) is 45.4 cm³/mol. The van der Waals surface area contributed by atoms with Gasteiger partial charge in [-0.25, -0.2) is 10.8 Å². The van der Waals surface area contributed by atoms with Gasteiger partial charge in [-0.2, -0.15) is 0 Å². The second-order valence-corrected chi connectivity index (χ2v) is 2.51. The third-order valence-corrected chi connectivity index (χ3v) is 1.60. The van der Waals surface area contributed by atoms with Crippen molar-refractivity contribution in [3.8, 4) is 0 Å². The summed E-state index contributed by atoms with van der Waals surface area (Å²) in [5.41, 5.74) is 2.29. The lowest BCUT2D eigenvalue weighted by molar-refractivity contribution is -0.139. The van der Waals surface area contributed by atoms with Gasteiger partial charge < -0.3 is 9.73 Å². The number of carbonyl (C=O) groups is 2. The molecule has 1 aromatic rings. The smallest absolute Gasteiger partial charge is 0.323 e. The van der Waals surface area contributed by atoms with E-state index in [-0.39, 0.29) is 6.54 Å². The van der Waals surface area contributed by atoms with Crippen molar-refractivity contribution in [1.82, 2.24) is 15.7 Å². The van der Waals surface area contributed by atoms with E-state index in [1.807, 2.05) is 0 Å². The highest BCUT2D eigenvalue weighted by Crippen LogP contribution is 2.02. The maximum atomic E-state index is 10.9. The molecule has 76 valence electrons. The summed E-state index contributed by atoms with van der Waals surface area (Å²) in [6.45, 7) is 1.84. The second kappa shape index (κ2) is 4.38. The molecule has 0 bridgehead atoms. The summed E-state index contributed by atoms with van der Waals surface area (Å²) >= 11 is 0. The molecule has 0 saturated heterocycles. The lowest BCUT2D eigenvalue weighted by Crippen LogP contribution is -2.42. The van der Waals surface area contributed by atoms with Gasteiger partial charge in [-0.1, -0.05) is 0 Å². The molecule has 14 heavy (non-hydrogen) atoms. The standard InChI is InChI=1S/C7H10N4O3/c1-4-5(10-3-14-4)2-9-6(12)7(13)11-8/h3H,2,8H2,1H3,(H,9,12)(H,11,13). The maximum Gasteiger partial charge on any atom is 0.323 e. The van der Waals surface area contributed by atoms with Gasteiger partial charge in [0.05, 0.1) is 6.54 Å². The van der Waals surface area contributed by atoms with Crippen molar-refractivity contribution < 1.29 is 14.0 Å². The van der Waals surface area contributed by atoms with Crippen molar-refractivity contribution in [2.75, 3.05) is 0 Å². The number of hydrogen-bond acceptors (Lipinski definition) is 5. The first kappa shape index (κ1) is 10.2. The first-order valence-corrected chi connectivity index (χ1v) is 3.83. The summed E-state index contributed by atoms with van der Waals surface area (Å²) in [4.78, 5) is 25.4. The Hall–Kier alpha value is -1.89. The zero-order valence-electron chi connectivity index (χ0n) is 7.53. The molecule has 7 nitrogen and oxygen atoms in total. The molecule has 4 N–H and O–H groups in total. The minimum absolute atomic E-state index is 0.134. The maximum absolute atomic E-state index is 10.9. The molecule has 0 aromatic carbocycles. The van der Waals surface area contributed by atoms with Crippen molar-refractivity contribution in [2.24, 2.45) is 5.84 Å². The quantitative estimate of drug-likeness (QED) is 0.234. The van der Waals surface area contributed by atoms with Crippen LogP contribution in [0.5, 0.6) is 0 Å². The van der Waals surface area contributed by atoms with Gasteiger partial charge in [0, 0.05) is 0 Å². The van der Waals surface area contributed by atoms with E-state index in [2.05, 4.69) is 10.3 Å². The van der Waals surface area contributed by atoms with Gasteiger partial charge >= 0.3 is 11.8 Å². The Morgan fingerprint density at radius 3 is 2.79 bits per heavy atom. The second-order valence-electron chi connectivity index (χ2n) is 2.51. The van der Waals surface area contributed by atoms with E-state index in [0.717, 1.165) is 0 Å². The third-order valence-electron chi connectivity index (χ3n) is 1.60. The molecular weight excluding hydrogens is 188 g/mol. The fourth-order valence-electron chi connectivity index (χ4n) is 0.808. The number of aromatic nitrogens is 1. The lowest BCUT2D eigenvalue weighted by Gasteiger charge is -2.01. The molecule has 0 aliphatic carbocycles. The average molecular weight is 198 g/mol. The first-order valence-electron chi connectivity index (χ1n) is 3.83. The molecule has 0 aliphatic heterocycles. The zero-order chi connectivity index (χ0) is 10.6. The van der Waals surface area contributed by atoms with Crippen LogP contribution >= 0.6 is 0 Å². The van der Waals surface area contributed by atoms with E-state index in [9.17, 15) is 9.59 Å². The van der Waals surface area contributed by atoms with Gasteiger partial charge in [0.25, 0.3) is 0 Å². The SMILES string of the molecule is Cc1ocnc1CNC(=O)C(=O)NN. The molecule has 0 fully saturated rings. The number of hydrogen-bond donors (Lipinski definition) is 3. The molecule has 1 rings (SSSR count). The number of carbonyl (C=O) groups excluding carboxylic acids is 2. The number of nitrogens with two attached hydrogens (primary N) is 1. The minimum Gasteiger partial charge on any atom is -0.448 e. The van der Waals surface area contributed by atoms with Gasteiger partial charge in [-0.15, -0.1) is 0 Å². The molecule has 1 aromatic heterocycles. The highest BCUT2D eigenvalue weighted by atomic mass is 16.3. The Labute approximate surface area is 79.6 Å². The Morgan fingerprint density at radius 1 is 1.57 bits per heavy atom. The van der Waals surface area contributed by atoms with Crippen molar-refractivity contribution in [3.63, 3.8) is 0 Å². The number of rotatable bonds is 2. The van der Waals surface area contributed by atoms with Crippen LogP contribution in [0.25, 0.3) is 0 Å². The zero-order valence-corrected chi connectivity index (χ0v) is 7.53. The third kappa shape index (κ3) is 2.30. The largest absolute Gasteiger partial charge is 0.448 e. The van der Waals surface area contributed by atoms with Crippen LogP contribution in [-0.2, 0) is 16.1 Å². The van der Waals surface area contributed by atoms with Gasteiger partial charge in [-0.3, -0.25) is 15.0 Å². The molecule has 0 saturated carbocycles. The summed E-state index contributed by atoms with van der Waals surface area (Å²) in [7, 11) is 0. The van der Waals surface area contributed by atoms with Crippen LogP contribution in [0.2, 0.25) is 0 Å². The fourth-order valence-corrected chi connectivity index (χ4v) is 0.808. The lowest BCUT2D eigenvalue weighted by atomic mass is 10.3. The van der Waals surface area contributed by atoms with Crippen LogP contribution in [0.3, 0.4) is 0 Å². The minimum atomic E-state index is -0.897. The highest BCUT2D eigenvalue weighted by molar-refractivity contribution is 6.34. The fraction of sp³-hybridized carbons (Fsp3) is 0.286. The molecule has 1 heterocycles. The Bertz CT molecular complexity index is 346. The summed E-state index contributed by atoms with van der Waals surface area (Å²) in [5, 5.41) is 2.32. The van der Waals surface area contributed by atoms with E-state index in [1.165, 1.54) is 6.39 Å². The van der Waals surface area contributed by atoms with Crippen LogP contribution in [0, 0.1) is 6.92 Å². The van der Waals surface area contributed by atoms with Crippen molar-refractivity contribution >= 4 is 11.8 Å². The van der Waals surface area contributed by atoms with E-state index < -0.39 is 11.8 Å². The van der Waals surface area contributed by atoms with E-state index >= 15 is 0 Å².